The number of amides is 1. The van der Waals surface area contributed by atoms with Gasteiger partial charge in [0.15, 0.2) is 11.5 Å². The van der Waals surface area contributed by atoms with Gasteiger partial charge in [-0.25, -0.2) is 0 Å². The number of benzene rings is 2. The van der Waals surface area contributed by atoms with Crippen LogP contribution < -0.4 is 9.47 Å². The van der Waals surface area contributed by atoms with Crippen molar-refractivity contribution < 1.29 is 14.3 Å². The van der Waals surface area contributed by atoms with Gasteiger partial charge in [-0.2, -0.15) is 0 Å². The minimum Gasteiger partial charge on any atom is -0.493 e. The molecule has 0 fully saturated rings. The standard InChI is InChI=1S/C20H22BrNO3/c1-22(20(23)10-8-15-5-4-6-17(21)13-15)12-11-16-7-9-18(24-2)19(14-16)25-3/h4-10,13-14H,11-12H2,1-3H3. The van der Waals surface area contributed by atoms with Crippen LogP contribution in [0.1, 0.15) is 11.1 Å². The highest BCUT2D eigenvalue weighted by molar-refractivity contribution is 9.10. The van der Waals surface area contributed by atoms with Crippen LogP contribution in [0, 0.1) is 0 Å². The van der Waals surface area contributed by atoms with Crippen LogP contribution >= 0.6 is 15.9 Å². The largest absolute Gasteiger partial charge is 0.493 e. The Labute approximate surface area is 157 Å². The fourth-order valence-electron chi connectivity index (χ4n) is 2.35. The van der Waals surface area contributed by atoms with Crippen molar-refractivity contribution in [1.29, 1.82) is 0 Å². The average molecular weight is 404 g/mol. The first-order chi connectivity index (χ1) is 12.0. The number of nitrogens with zero attached hydrogens (tertiary/aromatic N) is 1. The predicted octanol–water partition coefficient (Wildman–Crippen LogP) is 4.18. The fourth-order valence-corrected chi connectivity index (χ4v) is 2.77. The maximum atomic E-state index is 12.2. The summed E-state index contributed by atoms with van der Waals surface area (Å²) in [7, 11) is 5.03. The molecule has 0 radical (unpaired) electrons. The molecule has 0 aliphatic carbocycles. The van der Waals surface area contributed by atoms with Crippen LogP contribution in [0.15, 0.2) is 53.0 Å². The molecule has 132 valence electrons. The number of hydrogen-bond acceptors (Lipinski definition) is 3. The van der Waals surface area contributed by atoms with Crippen LogP contribution in [0.4, 0.5) is 0 Å². The van der Waals surface area contributed by atoms with Gasteiger partial charge in [0.05, 0.1) is 14.2 Å². The Morgan fingerprint density at radius 2 is 1.88 bits per heavy atom. The Kier molecular flexibility index (Phi) is 7.07. The first kappa shape index (κ1) is 19.1. The summed E-state index contributed by atoms with van der Waals surface area (Å²) >= 11 is 3.42. The fraction of sp³-hybridized carbons (Fsp3) is 0.250. The zero-order chi connectivity index (χ0) is 18.2. The zero-order valence-electron chi connectivity index (χ0n) is 14.7. The van der Waals surface area contributed by atoms with Gasteiger partial charge in [0, 0.05) is 24.1 Å². The Hall–Kier alpha value is -2.27. The molecular formula is C20H22BrNO3. The van der Waals surface area contributed by atoms with Crippen molar-refractivity contribution in [2.45, 2.75) is 6.42 Å². The zero-order valence-corrected chi connectivity index (χ0v) is 16.2. The van der Waals surface area contributed by atoms with E-state index in [9.17, 15) is 4.79 Å². The summed E-state index contributed by atoms with van der Waals surface area (Å²) in [5, 5.41) is 0. The Balaban J connectivity index is 1.93. The van der Waals surface area contributed by atoms with Gasteiger partial charge in [-0.1, -0.05) is 34.1 Å². The van der Waals surface area contributed by atoms with Crippen LogP contribution in [0.2, 0.25) is 0 Å². The van der Waals surface area contributed by atoms with E-state index in [2.05, 4.69) is 15.9 Å². The molecular weight excluding hydrogens is 382 g/mol. The number of rotatable bonds is 7. The van der Waals surface area contributed by atoms with Crippen molar-refractivity contribution in [3.05, 3.63) is 64.1 Å². The summed E-state index contributed by atoms with van der Waals surface area (Å²) in [6.07, 6.45) is 4.16. The summed E-state index contributed by atoms with van der Waals surface area (Å²) in [6.45, 7) is 0.622. The molecule has 2 aromatic carbocycles. The molecule has 2 aromatic rings. The predicted molar refractivity (Wildman–Crippen MR) is 104 cm³/mol. The molecule has 0 bridgehead atoms. The van der Waals surface area contributed by atoms with Crippen molar-refractivity contribution in [1.82, 2.24) is 4.90 Å². The quantitative estimate of drug-likeness (QED) is 0.650. The van der Waals surface area contributed by atoms with E-state index in [-0.39, 0.29) is 5.91 Å². The van der Waals surface area contributed by atoms with Crippen molar-refractivity contribution in [2.24, 2.45) is 0 Å². The molecule has 0 atom stereocenters. The number of hydrogen-bond donors (Lipinski definition) is 0. The van der Waals surface area contributed by atoms with Gasteiger partial charge in [0.1, 0.15) is 0 Å². The van der Waals surface area contributed by atoms with E-state index in [0.29, 0.717) is 18.0 Å². The van der Waals surface area contributed by atoms with Gasteiger partial charge < -0.3 is 14.4 Å². The molecule has 1 amide bonds. The molecule has 0 aliphatic rings. The van der Waals surface area contributed by atoms with E-state index in [0.717, 1.165) is 22.0 Å². The van der Waals surface area contributed by atoms with E-state index in [1.165, 1.54) is 0 Å². The monoisotopic (exact) mass is 403 g/mol. The molecule has 0 aromatic heterocycles. The van der Waals surface area contributed by atoms with Crippen LogP contribution in [0.3, 0.4) is 0 Å². The lowest BCUT2D eigenvalue weighted by atomic mass is 10.1. The summed E-state index contributed by atoms with van der Waals surface area (Å²) in [5.74, 6) is 1.37. The second-order valence-corrected chi connectivity index (χ2v) is 6.50. The molecule has 4 nitrogen and oxygen atoms in total. The average Bonchev–Trinajstić information content (AvgIpc) is 2.63. The summed E-state index contributed by atoms with van der Waals surface area (Å²) < 4.78 is 11.5. The van der Waals surface area contributed by atoms with Gasteiger partial charge in [0.25, 0.3) is 0 Å². The third-order valence-electron chi connectivity index (χ3n) is 3.83. The van der Waals surface area contributed by atoms with Crippen molar-refractivity contribution in [3.63, 3.8) is 0 Å². The molecule has 0 aliphatic heterocycles. The second-order valence-electron chi connectivity index (χ2n) is 5.59. The third kappa shape index (κ3) is 5.64. The van der Waals surface area contributed by atoms with E-state index in [4.69, 9.17) is 9.47 Å². The highest BCUT2D eigenvalue weighted by atomic mass is 79.9. The smallest absolute Gasteiger partial charge is 0.246 e. The van der Waals surface area contributed by atoms with Gasteiger partial charge >= 0.3 is 0 Å². The SMILES string of the molecule is COc1ccc(CCN(C)C(=O)C=Cc2cccc(Br)c2)cc1OC. The van der Waals surface area contributed by atoms with Gasteiger partial charge in [0.2, 0.25) is 5.91 Å². The summed E-state index contributed by atoms with van der Waals surface area (Å²) in [6, 6.07) is 13.6. The first-order valence-electron chi connectivity index (χ1n) is 7.93. The number of halogens is 1. The van der Waals surface area contributed by atoms with E-state index >= 15 is 0 Å². The Morgan fingerprint density at radius 3 is 2.56 bits per heavy atom. The highest BCUT2D eigenvalue weighted by Crippen LogP contribution is 2.27. The molecule has 0 heterocycles. The topological polar surface area (TPSA) is 38.8 Å². The lowest BCUT2D eigenvalue weighted by Crippen LogP contribution is -2.27. The lowest BCUT2D eigenvalue weighted by Gasteiger charge is -2.16. The molecule has 0 unspecified atom stereocenters. The molecule has 2 rings (SSSR count). The van der Waals surface area contributed by atoms with Crippen LogP contribution in [-0.2, 0) is 11.2 Å². The van der Waals surface area contributed by atoms with E-state index < -0.39 is 0 Å². The molecule has 0 saturated carbocycles. The van der Waals surface area contributed by atoms with Crippen molar-refractivity contribution in [3.8, 4) is 11.5 Å². The minimum atomic E-state index is -0.0274. The number of methoxy groups -OCH3 is 2. The summed E-state index contributed by atoms with van der Waals surface area (Å²) in [4.78, 5) is 13.9. The third-order valence-corrected chi connectivity index (χ3v) is 4.32. The molecule has 25 heavy (non-hydrogen) atoms. The van der Waals surface area contributed by atoms with Crippen molar-refractivity contribution >= 4 is 27.9 Å². The van der Waals surface area contributed by atoms with Gasteiger partial charge in [-0.3, -0.25) is 4.79 Å². The second kappa shape index (κ2) is 9.28. The minimum absolute atomic E-state index is 0.0274. The van der Waals surface area contributed by atoms with Gasteiger partial charge in [-0.15, -0.1) is 0 Å². The molecule has 5 heteroatoms. The van der Waals surface area contributed by atoms with E-state index in [1.807, 2.05) is 48.5 Å². The highest BCUT2D eigenvalue weighted by Gasteiger charge is 2.08. The summed E-state index contributed by atoms with van der Waals surface area (Å²) in [5.41, 5.74) is 2.07. The molecule has 0 saturated heterocycles. The maximum Gasteiger partial charge on any atom is 0.246 e. The Bertz CT molecular complexity index is 758. The maximum absolute atomic E-state index is 12.2. The van der Waals surface area contributed by atoms with Crippen LogP contribution in [-0.4, -0.2) is 38.6 Å². The van der Waals surface area contributed by atoms with Crippen LogP contribution in [0.25, 0.3) is 6.08 Å². The van der Waals surface area contributed by atoms with Gasteiger partial charge in [-0.05, 0) is 47.9 Å². The number of likely N-dealkylation sites (N-methyl/N-ethyl adjacent to an activating group) is 1. The van der Waals surface area contributed by atoms with Crippen molar-refractivity contribution in [2.75, 3.05) is 27.8 Å². The lowest BCUT2D eigenvalue weighted by molar-refractivity contribution is -0.124. The molecule has 0 N–H and O–H groups in total. The Morgan fingerprint density at radius 1 is 1.12 bits per heavy atom. The number of ether oxygens (including phenoxy) is 2. The number of carbonyl (C=O) groups is 1. The van der Waals surface area contributed by atoms with Crippen LogP contribution in [0.5, 0.6) is 11.5 Å². The molecule has 0 spiro atoms. The first-order valence-corrected chi connectivity index (χ1v) is 8.72. The van der Waals surface area contributed by atoms with E-state index in [1.54, 1.807) is 32.2 Å². The number of carbonyl (C=O) groups excluding carboxylic acids is 1. The normalized spacial score (nSPS) is 10.7.